The fourth-order valence-electron chi connectivity index (χ4n) is 3.00. The highest BCUT2D eigenvalue weighted by Gasteiger charge is 2.74. The topological polar surface area (TPSA) is 288 Å². The Labute approximate surface area is 138 Å². The van der Waals surface area contributed by atoms with E-state index >= 15 is 0 Å². The van der Waals surface area contributed by atoms with E-state index in [1.165, 1.54) is 0 Å². The van der Waals surface area contributed by atoms with E-state index in [9.17, 15) is 71.8 Å². The molecular weight excluding hydrogens is 455 g/mol. The second-order valence-corrected chi connectivity index (χ2v) is 14.3. The van der Waals surface area contributed by atoms with Crippen molar-refractivity contribution < 1.29 is 71.8 Å². The van der Waals surface area contributed by atoms with Crippen molar-refractivity contribution in [3.8, 4) is 0 Å². The lowest BCUT2D eigenvalue weighted by molar-refractivity contribution is 0.321. The number of hydrogen-bond acceptors (Lipinski definition) is 5. The number of rotatable bonds is 5. The van der Waals surface area contributed by atoms with Gasteiger partial charge in [0.15, 0.2) is 0 Å². The van der Waals surface area contributed by atoms with Crippen molar-refractivity contribution in [2.24, 2.45) is 0 Å². The first-order valence-corrected chi connectivity index (χ1v) is 14.3. The highest BCUT2D eigenvalue weighted by atomic mass is 31.2. The van der Waals surface area contributed by atoms with Crippen LogP contribution in [0.4, 0.5) is 0 Å². The summed E-state index contributed by atoms with van der Waals surface area (Å²) in [5.41, 5.74) is -15.5. The molecule has 0 bridgehead atoms. The van der Waals surface area contributed by atoms with Gasteiger partial charge in [0.2, 0.25) is 0 Å². The maximum atomic E-state index is 11.6. The Bertz CT molecular complexity index is 596. The first-order chi connectivity index (χ1) is 10.6. The van der Waals surface area contributed by atoms with Gasteiger partial charge in [0, 0.05) is 0 Å². The average Bonchev–Trinajstić information content (AvgIpc) is 2.61. The van der Waals surface area contributed by atoms with Crippen molar-refractivity contribution in [3.05, 3.63) is 0 Å². The highest BCUT2D eigenvalue weighted by molar-refractivity contribution is 7.64. The van der Waals surface area contributed by atoms with Crippen LogP contribution in [0.15, 0.2) is 0 Å². The third kappa shape index (κ3) is 4.97. The van der Waals surface area contributed by atoms with E-state index < -0.39 is 66.3 Å². The summed E-state index contributed by atoms with van der Waals surface area (Å²) in [5.74, 6) is 0. The summed E-state index contributed by atoms with van der Waals surface area (Å²) in [6.45, 7) is 0. The van der Waals surface area contributed by atoms with Gasteiger partial charge in [-0.15, -0.1) is 0 Å². The van der Waals surface area contributed by atoms with Crippen molar-refractivity contribution in [3.63, 3.8) is 0 Å². The smallest absolute Gasteiger partial charge is 0.324 e. The van der Waals surface area contributed by atoms with E-state index in [0.717, 1.165) is 0 Å². The molecule has 10 N–H and O–H groups in total. The van der Waals surface area contributed by atoms with E-state index in [1.54, 1.807) is 0 Å². The van der Waals surface area contributed by atoms with Crippen molar-refractivity contribution >= 4 is 38.0 Å². The van der Waals surface area contributed by atoms with Crippen molar-refractivity contribution in [2.75, 3.05) is 0 Å². The van der Waals surface area contributed by atoms with Crippen LogP contribution >= 0.6 is 38.0 Å². The molecule has 1 saturated carbocycles. The second-order valence-electron chi connectivity index (χ2n) is 5.40. The molecule has 0 spiro atoms. The molecule has 15 nitrogen and oxygen atoms in total. The maximum Gasteiger partial charge on any atom is 0.330 e. The van der Waals surface area contributed by atoms with E-state index in [-0.39, 0.29) is 0 Å². The minimum absolute atomic E-state index is 3.09. The Morgan fingerprint density at radius 2 is 0.400 bits per heavy atom. The molecular formula is C5H15O15P5. The first-order valence-electron chi connectivity index (χ1n) is 5.87. The van der Waals surface area contributed by atoms with Crippen LogP contribution in [0.3, 0.4) is 0 Å². The molecule has 0 radical (unpaired) electrons. The van der Waals surface area contributed by atoms with E-state index in [2.05, 4.69) is 0 Å². The lowest BCUT2D eigenvalue weighted by Crippen LogP contribution is -2.33. The predicted molar refractivity (Wildman–Crippen MR) is 79.2 cm³/mol. The van der Waals surface area contributed by atoms with Crippen molar-refractivity contribution in [2.45, 2.75) is 28.3 Å². The van der Waals surface area contributed by atoms with E-state index in [0.29, 0.717) is 0 Å². The van der Waals surface area contributed by atoms with Crippen LogP contribution in [0.1, 0.15) is 0 Å². The summed E-state index contributed by atoms with van der Waals surface area (Å²) in [5, 5.41) is 0. The van der Waals surface area contributed by atoms with Crippen molar-refractivity contribution in [1.29, 1.82) is 0 Å². The van der Waals surface area contributed by atoms with Crippen LogP contribution in [0, 0.1) is 0 Å². The minimum Gasteiger partial charge on any atom is -0.324 e. The van der Waals surface area contributed by atoms with Gasteiger partial charge in [-0.3, -0.25) is 22.8 Å². The fourth-order valence-corrected chi connectivity index (χ4v) is 14.7. The molecule has 0 amide bonds. The molecule has 0 unspecified atom stereocenters. The van der Waals surface area contributed by atoms with Crippen LogP contribution in [0.2, 0.25) is 0 Å². The first kappa shape index (κ1) is 23.8. The van der Waals surface area contributed by atoms with E-state index in [4.69, 9.17) is 0 Å². The zero-order valence-electron chi connectivity index (χ0n) is 11.6. The summed E-state index contributed by atoms with van der Waals surface area (Å²) < 4.78 is 58.0. The molecule has 0 aromatic rings. The molecule has 150 valence electrons. The maximum absolute atomic E-state index is 11.6. The predicted octanol–water partition coefficient (Wildman–Crippen LogP) is -2.27. The molecule has 25 heavy (non-hydrogen) atoms. The van der Waals surface area contributed by atoms with Gasteiger partial charge in [0.1, 0.15) is 0 Å². The van der Waals surface area contributed by atoms with Gasteiger partial charge < -0.3 is 48.9 Å². The van der Waals surface area contributed by atoms with Gasteiger partial charge in [-0.2, -0.15) is 0 Å². The molecule has 20 heteroatoms. The molecule has 0 aromatic carbocycles. The molecule has 1 aliphatic rings. The summed E-state index contributed by atoms with van der Waals surface area (Å²) in [6, 6.07) is 0. The van der Waals surface area contributed by atoms with Gasteiger partial charge in [-0.1, -0.05) is 0 Å². The third-order valence-corrected chi connectivity index (χ3v) is 12.0. The summed E-state index contributed by atoms with van der Waals surface area (Å²) in [4.78, 5) is 92.7. The normalized spacial score (nSPS) is 32.8. The van der Waals surface area contributed by atoms with Crippen molar-refractivity contribution in [1.82, 2.24) is 0 Å². The summed E-state index contributed by atoms with van der Waals surface area (Å²) in [6.07, 6.45) is 0. The third-order valence-electron chi connectivity index (χ3n) is 3.69. The largest absolute Gasteiger partial charge is 0.330 e. The summed E-state index contributed by atoms with van der Waals surface area (Å²) >= 11 is 0. The monoisotopic (exact) mass is 470 g/mol. The average molecular weight is 470 g/mol. The quantitative estimate of drug-likeness (QED) is 0.190. The Morgan fingerprint density at radius 3 is 0.440 bits per heavy atom. The van der Waals surface area contributed by atoms with Crippen LogP contribution in [0.25, 0.3) is 0 Å². The highest BCUT2D eigenvalue weighted by Crippen LogP contribution is 2.76. The Balaban J connectivity index is 4.01. The molecule has 0 atom stereocenters. The molecule has 0 aliphatic heterocycles. The fraction of sp³-hybridized carbons (Fsp3) is 1.00. The van der Waals surface area contributed by atoms with Gasteiger partial charge in [0.05, 0.1) is 28.3 Å². The lowest BCUT2D eigenvalue weighted by atomic mass is 10.3. The Hall–Kier alpha value is 0.750. The SMILES string of the molecule is O=P(O)(O)C1C(P(=O)(O)O)C(P(=O)(O)O)C(P(=O)(O)O)C1P(=O)(O)O. The van der Waals surface area contributed by atoms with Gasteiger partial charge in [-0.05, 0) is 0 Å². The minimum atomic E-state index is -5.90. The molecule has 0 aromatic heterocycles. The second kappa shape index (κ2) is 6.67. The van der Waals surface area contributed by atoms with Crippen LogP contribution in [-0.2, 0) is 22.8 Å². The standard InChI is InChI=1S/C5H15O15P5/c6-21(7,8)1-2(22(9,10)11)4(24(15,16)17)5(25(18,19)20)3(1)23(12,13)14/h1-5H,(H2,6,7,8)(H2,9,10,11)(H2,12,13,14)(H2,15,16,17)(H2,18,19,20). The zero-order valence-corrected chi connectivity index (χ0v) is 16.1. The number of hydrogen-bond donors (Lipinski definition) is 10. The van der Waals surface area contributed by atoms with E-state index in [1.807, 2.05) is 0 Å². The molecule has 1 aliphatic carbocycles. The summed E-state index contributed by atoms with van der Waals surface area (Å²) in [7, 11) is -29.5. The Morgan fingerprint density at radius 1 is 0.320 bits per heavy atom. The molecule has 0 heterocycles. The van der Waals surface area contributed by atoms with Gasteiger partial charge in [0.25, 0.3) is 0 Å². The molecule has 1 fully saturated rings. The van der Waals surface area contributed by atoms with Gasteiger partial charge in [-0.25, -0.2) is 0 Å². The van der Waals surface area contributed by atoms with Crippen LogP contribution in [-0.4, -0.2) is 77.2 Å². The van der Waals surface area contributed by atoms with Gasteiger partial charge >= 0.3 is 38.0 Å². The Kier molecular flexibility index (Phi) is 6.35. The molecule has 0 saturated heterocycles. The van der Waals surface area contributed by atoms with Crippen LogP contribution < -0.4 is 0 Å². The zero-order chi connectivity index (χ0) is 20.4. The van der Waals surface area contributed by atoms with Crippen LogP contribution in [0.5, 0.6) is 0 Å². The lowest BCUT2D eigenvalue weighted by Gasteiger charge is -2.28. The molecule has 1 rings (SSSR count).